The number of phenolic OH excluding ortho intramolecular Hbond substituents is 1. The molecule has 0 aliphatic rings. The van der Waals surface area contributed by atoms with Crippen LogP contribution in [0.25, 0.3) is 0 Å². The third kappa shape index (κ3) is 4.21. The van der Waals surface area contributed by atoms with Gasteiger partial charge in [-0.2, -0.15) is 15.0 Å². The number of phenols is 1. The van der Waals surface area contributed by atoms with Gasteiger partial charge in [-0.15, -0.1) is 0 Å². The summed E-state index contributed by atoms with van der Waals surface area (Å²) in [6, 6.07) is 24.4. The zero-order chi connectivity index (χ0) is 20.9. The van der Waals surface area contributed by atoms with E-state index in [4.69, 9.17) is 11.6 Å². The van der Waals surface area contributed by atoms with E-state index < -0.39 is 5.91 Å². The van der Waals surface area contributed by atoms with E-state index in [1.54, 1.807) is 42.5 Å². The van der Waals surface area contributed by atoms with Gasteiger partial charge in [0.1, 0.15) is 5.75 Å². The van der Waals surface area contributed by atoms with E-state index in [-0.39, 0.29) is 28.6 Å². The van der Waals surface area contributed by atoms with Gasteiger partial charge in [0.15, 0.2) is 0 Å². The van der Waals surface area contributed by atoms with Gasteiger partial charge in [0, 0.05) is 11.3 Å². The predicted molar refractivity (Wildman–Crippen MR) is 116 cm³/mol. The molecule has 3 aromatic carbocycles. The molecule has 30 heavy (non-hydrogen) atoms. The van der Waals surface area contributed by atoms with Crippen LogP contribution in [0, 0.1) is 0 Å². The van der Waals surface area contributed by atoms with E-state index in [0.29, 0.717) is 5.56 Å². The first-order chi connectivity index (χ1) is 14.6. The minimum absolute atomic E-state index is 0.0243. The van der Waals surface area contributed by atoms with Crippen molar-refractivity contribution in [1.82, 2.24) is 15.0 Å². The van der Waals surface area contributed by atoms with Crippen LogP contribution in [0.3, 0.4) is 0 Å². The number of hydrogen-bond donors (Lipinski definition) is 2. The summed E-state index contributed by atoms with van der Waals surface area (Å²) in [4.78, 5) is 27.1. The molecule has 7 nitrogen and oxygen atoms in total. The first kappa shape index (κ1) is 19.4. The Morgan fingerprint density at radius 2 is 1.47 bits per heavy atom. The molecule has 0 atom stereocenters. The molecule has 0 radical (unpaired) electrons. The Morgan fingerprint density at radius 1 is 0.833 bits per heavy atom. The maximum Gasteiger partial charge on any atom is 0.265 e. The van der Waals surface area contributed by atoms with E-state index in [1.807, 2.05) is 36.4 Å². The van der Waals surface area contributed by atoms with Crippen LogP contribution in [0.1, 0.15) is 10.4 Å². The summed E-state index contributed by atoms with van der Waals surface area (Å²) in [5.74, 6) is -0.387. The van der Waals surface area contributed by atoms with Crippen LogP contribution >= 0.6 is 11.6 Å². The van der Waals surface area contributed by atoms with Crippen LogP contribution in [0.5, 0.6) is 5.75 Å². The number of carbonyl (C=O) groups excluding carboxylic acids is 1. The summed E-state index contributed by atoms with van der Waals surface area (Å²) in [5, 5.41) is 13.3. The quantitative estimate of drug-likeness (QED) is 0.477. The number of carbonyl (C=O) groups is 1. The number of aromatic nitrogens is 3. The van der Waals surface area contributed by atoms with Gasteiger partial charge < -0.3 is 10.4 Å². The molecule has 148 valence electrons. The minimum Gasteiger partial charge on any atom is -0.506 e. The number of nitrogens with zero attached hydrogens (tertiary/aromatic N) is 4. The zero-order valence-corrected chi connectivity index (χ0v) is 16.4. The highest BCUT2D eigenvalue weighted by atomic mass is 35.5. The molecule has 0 spiro atoms. The Labute approximate surface area is 177 Å². The fraction of sp³-hybridized carbons (Fsp3) is 0. The molecule has 0 saturated carbocycles. The number of hydrogen-bond acceptors (Lipinski definition) is 6. The fourth-order valence-corrected chi connectivity index (χ4v) is 2.97. The molecule has 1 heterocycles. The summed E-state index contributed by atoms with van der Waals surface area (Å²) in [6.45, 7) is 0. The lowest BCUT2D eigenvalue weighted by atomic mass is 10.2. The Morgan fingerprint density at radius 3 is 2.17 bits per heavy atom. The monoisotopic (exact) mass is 417 g/mol. The lowest BCUT2D eigenvalue weighted by molar-refractivity contribution is 0.0997. The molecule has 2 N–H and O–H groups in total. The Hall–Kier alpha value is -3.97. The third-order valence-corrected chi connectivity index (χ3v) is 4.34. The zero-order valence-electron chi connectivity index (χ0n) is 15.6. The molecular formula is C22H16ClN5O2. The number of anilines is 4. The standard InChI is InChI=1S/C22H16ClN5O2/c23-20-25-21(24-16-11-5-2-6-12-16)27-22(26-20)28(17-13-7-8-14-18(17)29)19(30)15-9-3-1-4-10-15/h1-14,29H,(H,24,25,26,27). The average Bonchev–Trinajstić information content (AvgIpc) is 2.76. The second-order valence-corrected chi connectivity index (χ2v) is 6.55. The lowest BCUT2D eigenvalue weighted by Gasteiger charge is -2.22. The smallest absolute Gasteiger partial charge is 0.265 e. The van der Waals surface area contributed by atoms with Crippen molar-refractivity contribution in [2.45, 2.75) is 0 Å². The number of benzene rings is 3. The van der Waals surface area contributed by atoms with Crippen LogP contribution in [-0.4, -0.2) is 26.0 Å². The molecule has 4 aromatic rings. The van der Waals surface area contributed by atoms with Crippen LogP contribution < -0.4 is 10.2 Å². The molecule has 0 unspecified atom stereocenters. The molecule has 1 aromatic heterocycles. The molecule has 4 rings (SSSR count). The van der Waals surface area contributed by atoms with Gasteiger partial charge in [0.2, 0.25) is 17.2 Å². The summed E-state index contributed by atoms with van der Waals surface area (Å²) >= 11 is 6.14. The highest BCUT2D eigenvalue weighted by Gasteiger charge is 2.26. The first-order valence-electron chi connectivity index (χ1n) is 9.03. The molecule has 0 fully saturated rings. The molecule has 0 aliphatic carbocycles. The Kier molecular flexibility index (Phi) is 5.54. The van der Waals surface area contributed by atoms with Crippen molar-refractivity contribution in [3.05, 3.63) is 95.8 Å². The van der Waals surface area contributed by atoms with Crippen molar-refractivity contribution in [2.24, 2.45) is 0 Å². The molecule has 0 bridgehead atoms. The van der Waals surface area contributed by atoms with Crippen molar-refractivity contribution in [3.63, 3.8) is 0 Å². The van der Waals surface area contributed by atoms with Gasteiger partial charge in [-0.1, -0.05) is 48.5 Å². The van der Waals surface area contributed by atoms with E-state index in [9.17, 15) is 9.90 Å². The van der Waals surface area contributed by atoms with Crippen LogP contribution in [0.4, 0.5) is 23.3 Å². The molecule has 8 heteroatoms. The molecule has 1 amide bonds. The minimum atomic E-state index is -0.426. The van der Waals surface area contributed by atoms with Crippen LogP contribution in [-0.2, 0) is 0 Å². The SMILES string of the molecule is O=C(c1ccccc1)N(c1nc(Cl)nc(Nc2ccccc2)n1)c1ccccc1O. The van der Waals surface area contributed by atoms with E-state index in [1.165, 1.54) is 11.0 Å². The summed E-state index contributed by atoms with van der Waals surface area (Å²) < 4.78 is 0. The number of amides is 1. The van der Waals surface area contributed by atoms with E-state index >= 15 is 0 Å². The fourth-order valence-electron chi connectivity index (χ4n) is 2.82. The van der Waals surface area contributed by atoms with Crippen molar-refractivity contribution < 1.29 is 9.90 Å². The van der Waals surface area contributed by atoms with Crippen molar-refractivity contribution in [2.75, 3.05) is 10.2 Å². The highest BCUT2D eigenvalue weighted by molar-refractivity contribution is 6.28. The molecule has 0 aliphatic heterocycles. The van der Waals surface area contributed by atoms with Crippen molar-refractivity contribution in [1.29, 1.82) is 0 Å². The number of para-hydroxylation sites is 3. The second-order valence-electron chi connectivity index (χ2n) is 6.21. The third-order valence-electron chi connectivity index (χ3n) is 4.17. The number of rotatable bonds is 5. The van der Waals surface area contributed by atoms with Gasteiger partial charge in [0.05, 0.1) is 5.69 Å². The summed E-state index contributed by atoms with van der Waals surface area (Å²) in [5.41, 5.74) is 1.36. The Bertz CT molecular complexity index is 1170. The van der Waals surface area contributed by atoms with Gasteiger partial charge in [-0.3, -0.25) is 4.79 Å². The topological polar surface area (TPSA) is 91.2 Å². The lowest BCUT2D eigenvalue weighted by Crippen LogP contribution is -2.28. The maximum atomic E-state index is 13.3. The maximum absolute atomic E-state index is 13.3. The van der Waals surface area contributed by atoms with Gasteiger partial charge >= 0.3 is 0 Å². The highest BCUT2D eigenvalue weighted by Crippen LogP contribution is 2.33. The Balaban J connectivity index is 1.81. The summed E-state index contributed by atoms with van der Waals surface area (Å²) in [6.07, 6.45) is 0. The van der Waals surface area contributed by atoms with E-state index in [0.717, 1.165) is 5.69 Å². The van der Waals surface area contributed by atoms with Crippen LogP contribution in [0.2, 0.25) is 5.28 Å². The normalized spacial score (nSPS) is 10.4. The number of aromatic hydroxyl groups is 1. The largest absolute Gasteiger partial charge is 0.506 e. The second kappa shape index (κ2) is 8.59. The average molecular weight is 418 g/mol. The summed E-state index contributed by atoms with van der Waals surface area (Å²) in [7, 11) is 0. The van der Waals surface area contributed by atoms with E-state index in [2.05, 4.69) is 20.3 Å². The van der Waals surface area contributed by atoms with Crippen molar-refractivity contribution >= 4 is 40.8 Å². The van der Waals surface area contributed by atoms with Crippen molar-refractivity contribution in [3.8, 4) is 5.75 Å². The number of nitrogens with one attached hydrogen (secondary N) is 1. The first-order valence-corrected chi connectivity index (χ1v) is 9.41. The number of halogens is 1. The van der Waals surface area contributed by atoms with Gasteiger partial charge in [-0.05, 0) is 48.0 Å². The van der Waals surface area contributed by atoms with Gasteiger partial charge in [0.25, 0.3) is 5.91 Å². The molecular weight excluding hydrogens is 402 g/mol. The predicted octanol–water partition coefficient (Wildman–Crippen LogP) is 4.95. The van der Waals surface area contributed by atoms with Crippen LogP contribution in [0.15, 0.2) is 84.9 Å². The molecule has 0 saturated heterocycles. The van der Waals surface area contributed by atoms with Gasteiger partial charge in [-0.25, -0.2) is 4.90 Å².